The van der Waals surface area contributed by atoms with Crippen molar-refractivity contribution < 1.29 is 14.6 Å². The van der Waals surface area contributed by atoms with Gasteiger partial charge in [0, 0.05) is 24.1 Å². The highest BCUT2D eigenvalue weighted by molar-refractivity contribution is 5.51. The summed E-state index contributed by atoms with van der Waals surface area (Å²) in [5.74, 6) is 1.81. The molecule has 0 fully saturated rings. The Morgan fingerprint density at radius 3 is 2.13 bits per heavy atom. The van der Waals surface area contributed by atoms with Crippen LogP contribution in [0.3, 0.4) is 0 Å². The number of nitrogens with zero attached hydrogens (tertiary/aromatic N) is 1. The van der Waals surface area contributed by atoms with Crippen LogP contribution in [0.5, 0.6) is 17.2 Å². The van der Waals surface area contributed by atoms with E-state index in [2.05, 4.69) is 49.2 Å². The highest BCUT2D eigenvalue weighted by Crippen LogP contribution is 2.40. The zero-order valence-corrected chi connectivity index (χ0v) is 19.1. The van der Waals surface area contributed by atoms with Crippen LogP contribution in [0.4, 0.5) is 0 Å². The second-order valence-corrected chi connectivity index (χ2v) is 8.22. The van der Waals surface area contributed by atoms with E-state index in [0.29, 0.717) is 0 Å². The van der Waals surface area contributed by atoms with Gasteiger partial charge >= 0.3 is 0 Å². The number of rotatable bonds is 9. The van der Waals surface area contributed by atoms with Crippen LogP contribution in [-0.4, -0.2) is 36.8 Å². The smallest absolute Gasteiger partial charge is 0.165 e. The summed E-state index contributed by atoms with van der Waals surface area (Å²) in [5.41, 5.74) is 3.47. The molecule has 0 aromatic heterocycles. The zero-order chi connectivity index (χ0) is 22.4. The van der Waals surface area contributed by atoms with Gasteiger partial charge in [0.15, 0.2) is 11.5 Å². The predicted octanol–water partition coefficient (Wildman–Crippen LogP) is 6.01. The average Bonchev–Trinajstić information content (AvgIpc) is 2.78. The number of methoxy groups -OCH3 is 1. The molecule has 0 amide bonds. The minimum atomic E-state index is 0.0245. The largest absolute Gasteiger partial charge is 0.508 e. The van der Waals surface area contributed by atoms with Gasteiger partial charge in [0.1, 0.15) is 5.75 Å². The van der Waals surface area contributed by atoms with E-state index in [1.165, 1.54) is 5.56 Å². The van der Waals surface area contributed by atoms with Crippen LogP contribution in [0.25, 0.3) is 0 Å². The molecule has 0 bridgehead atoms. The lowest BCUT2D eigenvalue weighted by Gasteiger charge is -2.31. The number of hydrogen-bond acceptors (Lipinski definition) is 4. The summed E-state index contributed by atoms with van der Waals surface area (Å²) < 4.78 is 11.9. The molecule has 0 aliphatic carbocycles. The number of benzene rings is 3. The molecule has 0 aliphatic rings. The van der Waals surface area contributed by atoms with Gasteiger partial charge in [-0.05, 0) is 57.1 Å². The van der Waals surface area contributed by atoms with Crippen LogP contribution in [0.1, 0.15) is 49.4 Å². The van der Waals surface area contributed by atoms with Gasteiger partial charge in [-0.25, -0.2) is 0 Å². The summed E-state index contributed by atoms with van der Waals surface area (Å²) in [5, 5.41) is 9.83. The first kappa shape index (κ1) is 22.7. The maximum Gasteiger partial charge on any atom is 0.165 e. The first-order valence-electron chi connectivity index (χ1n) is 10.8. The van der Waals surface area contributed by atoms with Gasteiger partial charge in [-0.2, -0.15) is 0 Å². The Morgan fingerprint density at radius 1 is 0.839 bits per heavy atom. The molecule has 3 rings (SSSR count). The van der Waals surface area contributed by atoms with Crippen molar-refractivity contribution in [1.29, 1.82) is 0 Å². The maximum atomic E-state index is 9.83. The Kier molecular flexibility index (Phi) is 7.59. The Labute approximate surface area is 186 Å². The highest BCUT2D eigenvalue weighted by Gasteiger charge is 2.25. The van der Waals surface area contributed by atoms with Crippen LogP contribution < -0.4 is 9.47 Å². The Balaban J connectivity index is 2.03. The normalized spacial score (nSPS) is 13.3. The molecule has 164 valence electrons. The molecule has 0 unspecified atom stereocenters. The number of phenolic OH excluding ortho intramolecular Hbond substituents is 1. The molecule has 0 aliphatic heterocycles. The molecule has 3 aromatic carbocycles. The Morgan fingerprint density at radius 2 is 1.52 bits per heavy atom. The van der Waals surface area contributed by atoms with Gasteiger partial charge in [0.2, 0.25) is 0 Å². The second kappa shape index (κ2) is 10.4. The number of para-hydroxylation sites is 1. The van der Waals surface area contributed by atoms with E-state index in [-0.39, 0.29) is 23.8 Å². The molecule has 0 heterocycles. The molecular formula is C27H33NO3. The monoisotopic (exact) mass is 419 g/mol. The lowest BCUT2D eigenvalue weighted by Crippen LogP contribution is -2.28. The van der Waals surface area contributed by atoms with E-state index in [9.17, 15) is 5.11 Å². The van der Waals surface area contributed by atoms with Crippen molar-refractivity contribution in [2.75, 3.05) is 20.7 Å². The number of aromatic hydroxyl groups is 1. The SMILES string of the molecule is COc1cccc([C@H](CN(C)[C@H](C)c2ccccc2)c2ccc(O)cc2)c1OC(C)C. The fourth-order valence-electron chi connectivity index (χ4n) is 3.85. The van der Waals surface area contributed by atoms with Gasteiger partial charge in [-0.1, -0.05) is 54.6 Å². The van der Waals surface area contributed by atoms with Crippen molar-refractivity contribution in [3.05, 3.63) is 89.5 Å². The van der Waals surface area contributed by atoms with Gasteiger partial charge in [-0.15, -0.1) is 0 Å². The molecule has 0 saturated carbocycles. The number of ether oxygens (including phenoxy) is 2. The first-order chi connectivity index (χ1) is 14.9. The molecule has 4 heteroatoms. The topological polar surface area (TPSA) is 41.9 Å². The summed E-state index contributed by atoms with van der Waals surface area (Å²) in [4.78, 5) is 2.35. The van der Waals surface area contributed by atoms with Crippen LogP contribution in [0.15, 0.2) is 72.8 Å². The molecule has 31 heavy (non-hydrogen) atoms. The molecular weight excluding hydrogens is 386 g/mol. The van der Waals surface area contributed by atoms with Crippen molar-refractivity contribution in [2.24, 2.45) is 0 Å². The Hall–Kier alpha value is -2.98. The van der Waals surface area contributed by atoms with E-state index in [0.717, 1.165) is 29.2 Å². The van der Waals surface area contributed by atoms with Crippen molar-refractivity contribution in [3.8, 4) is 17.2 Å². The van der Waals surface area contributed by atoms with Gasteiger partial charge in [0.25, 0.3) is 0 Å². The Bertz CT molecular complexity index is 954. The van der Waals surface area contributed by atoms with Gasteiger partial charge in [0.05, 0.1) is 13.2 Å². The van der Waals surface area contributed by atoms with E-state index >= 15 is 0 Å². The number of phenols is 1. The minimum Gasteiger partial charge on any atom is -0.508 e. The summed E-state index contributed by atoms with van der Waals surface area (Å²) in [6.45, 7) is 7.05. The lowest BCUT2D eigenvalue weighted by atomic mass is 9.89. The fraction of sp³-hybridized carbons (Fsp3) is 0.333. The third kappa shape index (κ3) is 5.59. The summed E-state index contributed by atoms with van der Waals surface area (Å²) >= 11 is 0. The van der Waals surface area contributed by atoms with Crippen LogP contribution in [0, 0.1) is 0 Å². The van der Waals surface area contributed by atoms with Crippen molar-refractivity contribution >= 4 is 0 Å². The molecule has 2 atom stereocenters. The minimum absolute atomic E-state index is 0.0245. The molecule has 0 saturated heterocycles. The number of likely N-dealkylation sites (N-methyl/N-ethyl adjacent to an activating group) is 1. The molecule has 0 spiro atoms. The van der Waals surface area contributed by atoms with E-state index in [1.54, 1.807) is 19.2 Å². The lowest BCUT2D eigenvalue weighted by molar-refractivity contribution is 0.221. The van der Waals surface area contributed by atoms with E-state index in [4.69, 9.17) is 9.47 Å². The van der Waals surface area contributed by atoms with E-state index < -0.39 is 0 Å². The summed E-state index contributed by atoms with van der Waals surface area (Å²) in [7, 11) is 3.82. The molecule has 3 aromatic rings. The first-order valence-corrected chi connectivity index (χ1v) is 10.8. The third-order valence-corrected chi connectivity index (χ3v) is 5.67. The average molecular weight is 420 g/mol. The molecule has 1 N–H and O–H groups in total. The standard InChI is InChI=1S/C27H33NO3/c1-19(2)31-27-24(12-9-13-26(27)30-5)25(22-14-16-23(29)17-15-22)18-28(4)20(3)21-10-7-6-8-11-21/h6-17,19-20,25,29H,18H2,1-5H3/t20-,25-/m1/s1. The van der Waals surface area contributed by atoms with Gasteiger partial charge < -0.3 is 14.6 Å². The van der Waals surface area contributed by atoms with Crippen LogP contribution >= 0.6 is 0 Å². The maximum absolute atomic E-state index is 9.83. The van der Waals surface area contributed by atoms with Crippen molar-refractivity contribution in [3.63, 3.8) is 0 Å². The highest BCUT2D eigenvalue weighted by atomic mass is 16.5. The molecule has 4 nitrogen and oxygen atoms in total. The summed E-state index contributed by atoms with van der Waals surface area (Å²) in [6.07, 6.45) is 0.0245. The quantitative estimate of drug-likeness (QED) is 0.461. The van der Waals surface area contributed by atoms with Crippen molar-refractivity contribution in [2.45, 2.75) is 38.8 Å². The number of hydrogen-bond donors (Lipinski definition) is 1. The van der Waals surface area contributed by atoms with Crippen LogP contribution in [0.2, 0.25) is 0 Å². The molecule has 0 radical (unpaired) electrons. The van der Waals surface area contributed by atoms with Crippen LogP contribution in [-0.2, 0) is 0 Å². The summed E-state index contributed by atoms with van der Waals surface area (Å²) in [6, 6.07) is 24.3. The van der Waals surface area contributed by atoms with E-state index in [1.807, 2.05) is 44.2 Å². The predicted molar refractivity (Wildman–Crippen MR) is 126 cm³/mol. The van der Waals surface area contributed by atoms with Crippen molar-refractivity contribution in [1.82, 2.24) is 4.90 Å². The zero-order valence-electron chi connectivity index (χ0n) is 19.1. The second-order valence-electron chi connectivity index (χ2n) is 8.22. The third-order valence-electron chi connectivity index (χ3n) is 5.67. The van der Waals surface area contributed by atoms with Gasteiger partial charge in [-0.3, -0.25) is 4.90 Å². The fourth-order valence-corrected chi connectivity index (χ4v) is 3.85.